The van der Waals surface area contributed by atoms with Gasteiger partial charge in [0.05, 0.1) is 72.2 Å². The first-order chi connectivity index (χ1) is 63.0. The van der Waals surface area contributed by atoms with E-state index >= 15 is 0 Å². The standard InChI is InChI=1S/C24H22F3N5O2S.C23H20F3N5O2S.C22H17F3N4O3S.C21H14F4N4O2S/c1-31(2)15-18-4-3-17(16-9-11-29-12-10-16)13-21(18)22-14-23(24(25,26)27)30-32(22)19-5-7-20(8-6-19)35(28,33)34;1-30(2)20-8-3-16(15-9-11-28-12-10-15)13-19(20)21-14-22(23(24,25)26)29-31(21)17-4-6-18(7-5-17)34(27,32)33;1-32-20-7-2-15(14-8-10-27-11-9-14)12-18(20)19-13-21(22(23,24)25)28-29(19)16-3-5-17(6-4-16)33(26,30)31;22-18-6-1-14(13-7-9-27-10-8-13)11-17(18)19-12-20(21(23,24)25)28-29(19)15-2-4-16(5-3-15)32(26,30)31/h3-14H,15H2,1-2H3,(H2,28,33,34);3-14H,1-2H3,(H2,27,32,33);2-13H,1H3,(H2,26,30,31);1-12H,(H2,26,30,31). The number of hydrogen-bond donors (Lipinski definition) is 4. The molecule has 44 heteroatoms. The molecule has 0 amide bonds. The summed E-state index contributed by atoms with van der Waals surface area (Å²) >= 11 is 0. The smallest absolute Gasteiger partial charge is 0.435 e. The summed E-state index contributed by atoms with van der Waals surface area (Å²) in [5.74, 6) is -0.414. The molecule has 0 saturated heterocycles. The molecule has 0 spiro atoms. The first-order valence-corrected chi connectivity index (χ1v) is 45.1. The van der Waals surface area contributed by atoms with Crippen molar-refractivity contribution < 1.29 is 95.5 Å². The van der Waals surface area contributed by atoms with Crippen LogP contribution in [0.4, 0.5) is 62.8 Å². The average molecular weight is 1930 g/mol. The van der Waals surface area contributed by atoms with Crippen molar-refractivity contribution in [3.8, 4) is 118 Å². The zero-order valence-corrected chi connectivity index (χ0v) is 73.5. The van der Waals surface area contributed by atoms with E-state index in [4.69, 9.17) is 25.3 Å². The van der Waals surface area contributed by atoms with E-state index in [9.17, 15) is 90.7 Å². The van der Waals surface area contributed by atoms with E-state index in [-0.39, 0.29) is 70.7 Å². The van der Waals surface area contributed by atoms with Crippen LogP contribution in [0.2, 0.25) is 0 Å². The van der Waals surface area contributed by atoms with Crippen LogP contribution in [0.1, 0.15) is 28.3 Å². The molecule has 0 atom stereocenters. The summed E-state index contributed by atoms with van der Waals surface area (Å²) < 4.78 is 280. The third-order valence-corrected chi connectivity index (χ3v) is 23.8. The molecule has 8 heterocycles. The Morgan fingerprint density at radius 2 is 0.560 bits per heavy atom. The Morgan fingerprint density at radius 3 is 0.843 bits per heavy atom. The first-order valence-electron chi connectivity index (χ1n) is 38.9. The quantitative estimate of drug-likeness (QED) is 0.0515. The summed E-state index contributed by atoms with van der Waals surface area (Å²) in [5, 5.41) is 35.5. The summed E-state index contributed by atoms with van der Waals surface area (Å²) in [5.41, 5.74) is 5.60. The van der Waals surface area contributed by atoms with Crippen LogP contribution >= 0.6 is 0 Å². The second kappa shape index (κ2) is 38.7. The number of sulfonamides is 4. The second-order valence-corrected chi connectivity index (χ2v) is 36.0. The van der Waals surface area contributed by atoms with Crippen molar-refractivity contribution in [2.24, 2.45) is 20.6 Å². The Bertz CT molecular complexity index is 7430. The van der Waals surface area contributed by atoms with Crippen molar-refractivity contribution in [1.29, 1.82) is 0 Å². The van der Waals surface area contributed by atoms with Gasteiger partial charge in [0.1, 0.15) is 11.6 Å². The maximum atomic E-state index is 14.8. The third-order valence-electron chi connectivity index (χ3n) is 20.0. The number of aromatic nitrogens is 12. The van der Waals surface area contributed by atoms with E-state index in [0.717, 1.165) is 95.5 Å². The van der Waals surface area contributed by atoms with Gasteiger partial charge < -0.3 is 14.5 Å². The number of hydrogen-bond acceptors (Lipinski definition) is 19. The minimum Gasteiger partial charge on any atom is -0.496 e. The monoisotopic (exact) mass is 1920 g/mol. The van der Waals surface area contributed by atoms with Gasteiger partial charge in [-0.2, -0.15) is 73.1 Å². The molecule has 0 aliphatic heterocycles. The number of nitrogens with zero attached hydrogens (tertiary/aromatic N) is 14. The Morgan fingerprint density at radius 1 is 0.306 bits per heavy atom. The van der Waals surface area contributed by atoms with Gasteiger partial charge in [0.15, 0.2) is 22.8 Å². The van der Waals surface area contributed by atoms with Crippen molar-refractivity contribution in [2.75, 3.05) is 40.2 Å². The molecule has 0 bridgehead atoms. The lowest BCUT2D eigenvalue weighted by Crippen LogP contribution is -2.13. The molecule has 0 fully saturated rings. The van der Waals surface area contributed by atoms with Crippen LogP contribution in [0.15, 0.2) is 312 Å². The van der Waals surface area contributed by atoms with Gasteiger partial charge >= 0.3 is 24.7 Å². The van der Waals surface area contributed by atoms with Gasteiger partial charge in [-0.1, -0.05) is 30.3 Å². The van der Waals surface area contributed by atoms with Gasteiger partial charge in [-0.3, -0.25) is 19.9 Å². The van der Waals surface area contributed by atoms with Crippen LogP contribution in [-0.4, -0.2) is 133 Å². The number of rotatable bonds is 20. The van der Waals surface area contributed by atoms with Crippen LogP contribution in [0.5, 0.6) is 5.75 Å². The molecule has 8 aromatic heterocycles. The number of pyridine rings is 4. The second-order valence-electron chi connectivity index (χ2n) is 29.7. The number of ether oxygens (including phenoxy) is 1. The normalized spacial score (nSPS) is 12.1. The molecule has 16 aromatic rings. The van der Waals surface area contributed by atoms with Crippen LogP contribution in [0.25, 0.3) is 112 Å². The predicted octanol–water partition coefficient (Wildman–Crippen LogP) is 17.3. The van der Waals surface area contributed by atoms with Crippen LogP contribution in [-0.2, 0) is 71.3 Å². The highest BCUT2D eigenvalue weighted by molar-refractivity contribution is 7.90. The van der Waals surface area contributed by atoms with Crippen molar-refractivity contribution in [1.82, 2.24) is 64.0 Å². The fraction of sp³-hybridized carbons (Fsp3) is 0.111. The van der Waals surface area contributed by atoms with Crippen molar-refractivity contribution >= 4 is 45.8 Å². The molecule has 16 rings (SSSR count). The lowest BCUT2D eigenvalue weighted by molar-refractivity contribution is -0.142. The number of methoxy groups -OCH3 is 1. The Kier molecular flexibility index (Phi) is 28.0. The highest BCUT2D eigenvalue weighted by Crippen LogP contribution is 2.44. The van der Waals surface area contributed by atoms with Crippen molar-refractivity contribution in [3.05, 3.63) is 326 Å². The number of benzene rings is 8. The van der Waals surface area contributed by atoms with E-state index in [0.29, 0.717) is 45.8 Å². The van der Waals surface area contributed by atoms with Gasteiger partial charge in [-0.15, -0.1) is 0 Å². The predicted molar refractivity (Wildman–Crippen MR) is 473 cm³/mol. The number of alkyl halides is 12. The molecule has 134 heavy (non-hydrogen) atoms. The summed E-state index contributed by atoms with van der Waals surface area (Å²) in [7, 11) is -7.16. The molecular weight excluding hydrogens is 1850 g/mol. The number of anilines is 1. The fourth-order valence-corrected chi connectivity index (χ4v) is 15.8. The first kappa shape index (κ1) is 97.0. The van der Waals surface area contributed by atoms with E-state index in [1.807, 2.05) is 61.5 Å². The van der Waals surface area contributed by atoms with E-state index in [2.05, 4.69) is 40.3 Å². The van der Waals surface area contributed by atoms with Crippen LogP contribution in [0, 0.1) is 5.82 Å². The topological polar surface area (TPSA) is 379 Å². The van der Waals surface area contributed by atoms with Gasteiger partial charge in [0.25, 0.3) is 0 Å². The lowest BCUT2D eigenvalue weighted by Gasteiger charge is -2.19. The SMILES string of the molecule is CN(C)Cc1ccc(-c2ccncc2)cc1-c1cc(C(F)(F)F)nn1-c1ccc(S(N)(=O)=O)cc1.CN(C)c1ccc(-c2ccncc2)cc1-c1cc(C(F)(F)F)nn1-c1ccc(S(N)(=O)=O)cc1.COc1ccc(-c2ccncc2)cc1-c1cc(C(F)(F)F)nn1-c1ccc(S(N)(=O)=O)cc1.NS(=O)(=O)c1ccc(-n2nc(C(F)(F)F)cc2-c2cc(-c3ccncc3)ccc2F)cc1. The maximum Gasteiger partial charge on any atom is 0.435 e. The third kappa shape index (κ3) is 23.0. The molecule has 692 valence electrons. The summed E-state index contributed by atoms with van der Waals surface area (Å²) in [6.45, 7) is 0.475. The molecule has 0 aliphatic carbocycles. The highest BCUT2D eigenvalue weighted by atomic mass is 32.2. The van der Waals surface area contributed by atoms with Crippen LogP contribution in [0.3, 0.4) is 0 Å². The minimum absolute atomic E-state index is 0.0941. The molecule has 0 saturated carbocycles. The van der Waals surface area contributed by atoms with Gasteiger partial charge in [-0.25, -0.2) is 77.3 Å². The molecule has 8 aromatic carbocycles. The zero-order chi connectivity index (χ0) is 97.0. The Hall–Kier alpha value is -14.5. The highest BCUT2D eigenvalue weighted by Gasteiger charge is 2.40. The van der Waals surface area contributed by atoms with Gasteiger partial charge in [-0.05, 0) is 276 Å². The molecule has 0 radical (unpaired) electrons. The fourth-order valence-electron chi connectivity index (χ4n) is 13.7. The summed E-state index contributed by atoms with van der Waals surface area (Å²) in [4.78, 5) is 18.9. The largest absolute Gasteiger partial charge is 0.496 e. The lowest BCUT2D eigenvalue weighted by atomic mass is 9.97. The zero-order valence-electron chi connectivity index (χ0n) is 70.2. The van der Waals surface area contributed by atoms with Crippen molar-refractivity contribution in [3.63, 3.8) is 0 Å². The van der Waals surface area contributed by atoms with Gasteiger partial charge in [0, 0.05) is 98.2 Å². The molecule has 27 nitrogen and oxygen atoms in total. The van der Waals surface area contributed by atoms with E-state index in [1.54, 1.807) is 117 Å². The molecule has 0 aliphatic rings. The van der Waals surface area contributed by atoms with Crippen molar-refractivity contribution in [2.45, 2.75) is 50.8 Å². The Labute approximate surface area is 756 Å². The molecule has 0 unspecified atom stereocenters. The molecular formula is C90H73F13N18O9S4. The molecule has 8 N–H and O–H groups in total. The van der Waals surface area contributed by atoms with Gasteiger partial charge in [0.2, 0.25) is 40.1 Å². The minimum atomic E-state index is -4.78. The number of nitrogens with two attached hydrogens (primary N) is 4. The summed E-state index contributed by atoms with van der Waals surface area (Å²) in [6, 6.07) is 58.2. The van der Waals surface area contributed by atoms with E-state index < -0.39 is 93.4 Å². The van der Waals surface area contributed by atoms with E-state index in [1.165, 1.54) is 121 Å². The average Bonchev–Trinajstić information content (AvgIpc) is 1.62. The summed E-state index contributed by atoms with van der Waals surface area (Å²) in [6.07, 6.45) is -5.99. The number of halogens is 13. The number of primary sulfonamides is 4. The van der Waals surface area contributed by atoms with Crippen LogP contribution < -0.4 is 30.2 Å². The maximum absolute atomic E-state index is 14.8. The Balaban J connectivity index is 0.000000152.